The third-order valence-electron chi connectivity index (χ3n) is 10.4. The van der Waals surface area contributed by atoms with Crippen molar-refractivity contribution in [3.63, 3.8) is 0 Å². The van der Waals surface area contributed by atoms with Crippen LogP contribution in [0, 0.1) is 28.6 Å². The van der Waals surface area contributed by atoms with Crippen LogP contribution in [-0.2, 0) is 19.1 Å². The molecular formula is C31H36Cl2O5S. The van der Waals surface area contributed by atoms with Crippen LogP contribution in [0.3, 0.4) is 0 Å². The summed E-state index contributed by atoms with van der Waals surface area (Å²) in [7, 11) is 0. The Bertz CT molecular complexity index is 1240. The van der Waals surface area contributed by atoms with Crippen molar-refractivity contribution < 1.29 is 24.2 Å². The van der Waals surface area contributed by atoms with E-state index in [4.69, 9.17) is 32.7 Å². The average Bonchev–Trinajstić information content (AvgIpc) is 3.34. The number of aliphatic hydroxyl groups is 1. The van der Waals surface area contributed by atoms with Crippen molar-refractivity contribution in [2.45, 2.75) is 88.3 Å². The van der Waals surface area contributed by atoms with Gasteiger partial charge in [-0.2, -0.15) is 0 Å². The summed E-state index contributed by atoms with van der Waals surface area (Å²) in [5, 5.41) is 12.9. The highest BCUT2D eigenvalue weighted by atomic mass is 35.5. The second-order valence-corrected chi connectivity index (χ2v) is 14.4. The topological polar surface area (TPSA) is 72.8 Å². The van der Waals surface area contributed by atoms with Gasteiger partial charge in [0.2, 0.25) is 0 Å². The number of hydrogen-bond donors (Lipinski definition) is 1. The highest BCUT2D eigenvalue weighted by Gasteiger charge is 2.75. The van der Waals surface area contributed by atoms with Gasteiger partial charge in [0.25, 0.3) is 0 Å². The lowest BCUT2D eigenvalue weighted by Gasteiger charge is -2.59. The monoisotopic (exact) mass is 590 g/mol. The standard InChI is InChI=1S/C31H36Cl2O5S/c1-4-5-27-37-26-14-23-22-7-6-17-10-20(34)8-9-29(17,2)28(22)24(35)15-30(23,3)31(26,38-27)25(36)16-39-21-12-18(32)11-19(33)13-21/h8-13,22-24,26-28,35H,4-7,14-16H2,1-3H3/t22?,23?,24-,26+,27?,28?,29?,30?,31+/m0/s1. The van der Waals surface area contributed by atoms with Crippen LogP contribution in [0.4, 0.5) is 0 Å². The molecule has 0 spiro atoms. The molecule has 0 amide bonds. The van der Waals surface area contributed by atoms with Crippen molar-refractivity contribution >= 4 is 46.5 Å². The molecule has 0 aromatic heterocycles. The molecule has 4 fully saturated rings. The van der Waals surface area contributed by atoms with Gasteiger partial charge in [-0.05, 0) is 74.3 Å². The third kappa shape index (κ3) is 4.23. The second-order valence-electron chi connectivity index (χ2n) is 12.5. The van der Waals surface area contributed by atoms with Gasteiger partial charge in [-0.3, -0.25) is 9.59 Å². The summed E-state index contributed by atoms with van der Waals surface area (Å²) < 4.78 is 13.3. The van der Waals surface area contributed by atoms with E-state index >= 15 is 0 Å². The van der Waals surface area contributed by atoms with Crippen LogP contribution in [-0.4, -0.2) is 46.5 Å². The second kappa shape index (κ2) is 9.99. The van der Waals surface area contributed by atoms with E-state index in [-0.39, 0.29) is 46.6 Å². The molecule has 1 aromatic rings. The number of thioether (sulfide) groups is 1. The Morgan fingerprint density at radius 1 is 1.21 bits per heavy atom. The molecule has 1 aliphatic heterocycles. The Kier molecular flexibility index (Phi) is 7.17. The van der Waals surface area contributed by atoms with Gasteiger partial charge in [-0.25, -0.2) is 0 Å². The normalized spacial score (nSPS) is 42.4. The predicted octanol–water partition coefficient (Wildman–Crippen LogP) is 6.82. The quantitative estimate of drug-likeness (QED) is 0.366. The first-order valence-electron chi connectivity index (χ1n) is 14.1. The van der Waals surface area contributed by atoms with Crippen molar-refractivity contribution in [3.05, 3.63) is 52.0 Å². The fraction of sp³-hybridized carbons (Fsp3) is 0.613. The molecule has 210 valence electrons. The molecular weight excluding hydrogens is 555 g/mol. The lowest BCUT2D eigenvalue weighted by atomic mass is 9.46. The molecule has 0 radical (unpaired) electrons. The molecule has 9 atom stereocenters. The highest BCUT2D eigenvalue weighted by molar-refractivity contribution is 8.00. The zero-order valence-electron chi connectivity index (χ0n) is 22.6. The number of carbonyl (C=O) groups excluding carboxylic acids is 2. The number of fused-ring (bicyclic) bond motifs is 7. The number of carbonyl (C=O) groups is 2. The smallest absolute Gasteiger partial charge is 0.178 e. The van der Waals surface area contributed by atoms with Crippen LogP contribution in [0.15, 0.2) is 46.9 Å². The fourth-order valence-corrected chi connectivity index (χ4v) is 10.5. The number of allylic oxidation sites excluding steroid dienone is 4. The van der Waals surface area contributed by atoms with Crippen LogP contribution in [0.1, 0.15) is 59.3 Å². The molecule has 5 nitrogen and oxygen atoms in total. The van der Waals surface area contributed by atoms with E-state index in [1.54, 1.807) is 18.2 Å². The molecule has 6 unspecified atom stereocenters. The minimum atomic E-state index is -1.12. The van der Waals surface area contributed by atoms with Crippen molar-refractivity contribution in [1.29, 1.82) is 0 Å². The van der Waals surface area contributed by atoms with E-state index in [9.17, 15) is 14.7 Å². The van der Waals surface area contributed by atoms with Gasteiger partial charge in [-0.15, -0.1) is 11.8 Å². The Balaban J connectivity index is 1.34. The summed E-state index contributed by atoms with van der Waals surface area (Å²) >= 11 is 13.8. The number of benzene rings is 1. The first-order valence-corrected chi connectivity index (χ1v) is 15.8. The van der Waals surface area contributed by atoms with Gasteiger partial charge in [0.05, 0.1) is 18.0 Å². The van der Waals surface area contributed by atoms with Crippen LogP contribution < -0.4 is 0 Å². The summed E-state index contributed by atoms with van der Waals surface area (Å²) in [4.78, 5) is 27.4. The van der Waals surface area contributed by atoms with Crippen LogP contribution in [0.5, 0.6) is 0 Å². The van der Waals surface area contributed by atoms with Crippen LogP contribution >= 0.6 is 35.0 Å². The minimum absolute atomic E-state index is 0.00798. The lowest BCUT2D eigenvalue weighted by molar-refractivity contribution is -0.197. The maximum Gasteiger partial charge on any atom is 0.178 e. The fourth-order valence-electron chi connectivity index (χ4n) is 8.87. The van der Waals surface area contributed by atoms with Gasteiger partial charge in [-0.1, -0.05) is 62.0 Å². The number of hydrogen-bond acceptors (Lipinski definition) is 6. The van der Waals surface area contributed by atoms with Crippen molar-refractivity contribution in [2.24, 2.45) is 28.6 Å². The van der Waals surface area contributed by atoms with Gasteiger partial charge >= 0.3 is 0 Å². The highest BCUT2D eigenvalue weighted by Crippen LogP contribution is 2.69. The van der Waals surface area contributed by atoms with E-state index in [0.717, 1.165) is 42.6 Å². The van der Waals surface area contributed by atoms with Gasteiger partial charge < -0.3 is 14.6 Å². The van der Waals surface area contributed by atoms with E-state index in [0.29, 0.717) is 16.5 Å². The number of rotatable bonds is 6. The van der Waals surface area contributed by atoms with Crippen LogP contribution in [0.2, 0.25) is 10.0 Å². The predicted molar refractivity (Wildman–Crippen MR) is 153 cm³/mol. The zero-order chi connectivity index (χ0) is 27.7. The van der Waals surface area contributed by atoms with Gasteiger partial charge in [0, 0.05) is 31.7 Å². The number of ether oxygens (including phenoxy) is 2. The Hall–Kier alpha value is -1.15. The molecule has 1 aromatic carbocycles. The maximum absolute atomic E-state index is 14.4. The van der Waals surface area contributed by atoms with Crippen molar-refractivity contribution in [2.75, 3.05) is 5.75 Å². The lowest BCUT2D eigenvalue weighted by Crippen LogP contribution is -2.63. The number of aliphatic hydroxyl groups excluding tert-OH is 1. The van der Waals surface area contributed by atoms with E-state index in [2.05, 4.69) is 20.8 Å². The van der Waals surface area contributed by atoms with E-state index in [1.165, 1.54) is 11.8 Å². The number of ketones is 2. The first kappa shape index (κ1) is 28.0. The van der Waals surface area contributed by atoms with E-state index in [1.807, 2.05) is 18.2 Å². The first-order chi connectivity index (χ1) is 18.5. The molecule has 39 heavy (non-hydrogen) atoms. The van der Waals surface area contributed by atoms with Crippen LogP contribution in [0.25, 0.3) is 0 Å². The summed E-state index contributed by atoms with van der Waals surface area (Å²) in [6, 6.07) is 5.31. The SMILES string of the molecule is CCCC1O[C@@H]2CC3C4CCC5=CC(=O)C=CC5(C)C4[C@@H](O)CC3(C)[C@]2(C(=O)CSc2cc(Cl)cc(Cl)c2)O1. The Morgan fingerprint density at radius 2 is 1.95 bits per heavy atom. The molecule has 1 N–H and O–H groups in total. The molecule has 0 bridgehead atoms. The largest absolute Gasteiger partial charge is 0.393 e. The van der Waals surface area contributed by atoms with Gasteiger partial charge in [0.15, 0.2) is 23.5 Å². The molecule has 8 heteroatoms. The molecule has 4 aliphatic carbocycles. The maximum atomic E-state index is 14.4. The Morgan fingerprint density at radius 3 is 2.67 bits per heavy atom. The average molecular weight is 592 g/mol. The molecule has 3 saturated carbocycles. The molecule has 1 saturated heterocycles. The number of Topliss-reactive ketones (excluding diaryl/α,β-unsaturated/α-hetero) is 1. The van der Waals surface area contributed by atoms with E-state index < -0.39 is 23.4 Å². The van der Waals surface area contributed by atoms with Gasteiger partial charge in [0.1, 0.15) is 0 Å². The molecule has 5 aliphatic rings. The Labute approximate surface area is 244 Å². The number of halogens is 2. The summed E-state index contributed by atoms with van der Waals surface area (Å²) in [6.07, 6.45) is 8.57. The summed E-state index contributed by atoms with van der Waals surface area (Å²) in [5.74, 6) is 0.590. The zero-order valence-corrected chi connectivity index (χ0v) is 25.0. The third-order valence-corrected chi connectivity index (χ3v) is 11.8. The minimum Gasteiger partial charge on any atom is -0.393 e. The molecule has 1 heterocycles. The molecule has 6 rings (SSSR count). The summed E-state index contributed by atoms with van der Waals surface area (Å²) in [6.45, 7) is 6.41. The van der Waals surface area contributed by atoms with Crippen molar-refractivity contribution in [3.8, 4) is 0 Å². The summed E-state index contributed by atoms with van der Waals surface area (Å²) in [5.41, 5.74) is -0.930. The van der Waals surface area contributed by atoms with Crippen molar-refractivity contribution in [1.82, 2.24) is 0 Å².